The van der Waals surface area contributed by atoms with Crippen molar-refractivity contribution < 1.29 is 14.6 Å². The first-order valence-corrected chi connectivity index (χ1v) is 8.92. The molecule has 1 atom stereocenters. The molecule has 1 unspecified atom stereocenters. The zero-order valence-corrected chi connectivity index (χ0v) is 14.4. The minimum absolute atomic E-state index is 0.0112. The van der Waals surface area contributed by atoms with E-state index in [1.54, 1.807) is 6.07 Å². The number of phenols is 1. The number of ketones is 1. The lowest BCUT2D eigenvalue weighted by atomic mass is 10.0. The number of hydrogen-bond acceptors (Lipinski definition) is 4. The van der Waals surface area contributed by atoms with Crippen LogP contribution in [0.2, 0.25) is 0 Å². The van der Waals surface area contributed by atoms with E-state index in [4.69, 9.17) is 4.74 Å². The van der Waals surface area contributed by atoms with Gasteiger partial charge in [-0.15, -0.1) is 0 Å². The fourth-order valence-corrected chi connectivity index (χ4v) is 3.04. The number of anilines is 1. The Kier molecular flexibility index (Phi) is 6.75. The Bertz CT molecular complexity index is 528. The van der Waals surface area contributed by atoms with Crippen LogP contribution in [0.3, 0.4) is 0 Å². The normalized spacial score (nSPS) is 15.0. The molecule has 1 aromatic rings. The first-order chi connectivity index (χ1) is 11.1. The van der Waals surface area contributed by atoms with Crippen LogP contribution in [-0.4, -0.2) is 23.5 Å². The molecule has 1 aliphatic rings. The van der Waals surface area contributed by atoms with E-state index in [0.29, 0.717) is 30.0 Å². The second-order valence-electron chi connectivity index (χ2n) is 6.45. The van der Waals surface area contributed by atoms with Crippen molar-refractivity contribution in [2.75, 3.05) is 11.9 Å². The van der Waals surface area contributed by atoms with E-state index < -0.39 is 0 Å². The first-order valence-electron chi connectivity index (χ1n) is 8.92. The molecule has 0 aromatic heterocycles. The molecule has 4 heteroatoms. The number of benzene rings is 1. The lowest BCUT2D eigenvalue weighted by Crippen LogP contribution is -2.18. The molecule has 1 aliphatic heterocycles. The third kappa shape index (κ3) is 5.15. The molecule has 0 saturated carbocycles. The third-order valence-electron chi connectivity index (χ3n) is 4.34. The largest absolute Gasteiger partial charge is 0.507 e. The lowest BCUT2D eigenvalue weighted by Gasteiger charge is -2.21. The van der Waals surface area contributed by atoms with Crippen molar-refractivity contribution in [1.29, 1.82) is 0 Å². The maximum atomic E-state index is 11.8. The van der Waals surface area contributed by atoms with Gasteiger partial charge in [0.15, 0.2) is 5.78 Å². The minimum Gasteiger partial charge on any atom is -0.507 e. The number of nitrogens with one attached hydrogen (secondary N) is 1. The van der Waals surface area contributed by atoms with Gasteiger partial charge in [0.2, 0.25) is 0 Å². The van der Waals surface area contributed by atoms with E-state index in [2.05, 4.69) is 19.2 Å². The zero-order chi connectivity index (χ0) is 16.7. The van der Waals surface area contributed by atoms with E-state index in [-0.39, 0.29) is 17.6 Å². The third-order valence-corrected chi connectivity index (χ3v) is 4.34. The molecule has 0 saturated heterocycles. The van der Waals surface area contributed by atoms with Crippen molar-refractivity contribution in [3.63, 3.8) is 0 Å². The molecule has 1 heterocycles. The summed E-state index contributed by atoms with van der Waals surface area (Å²) in [5, 5.41) is 13.2. The predicted molar refractivity (Wildman–Crippen MR) is 93.6 cm³/mol. The molecule has 0 bridgehead atoms. The summed E-state index contributed by atoms with van der Waals surface area (Å²) in [7, 11) is 0. The second-order valence-corrected chi connectivity index (χ2v) is 6.45. The van der Waals surface area contributed by atoms with E-state index >= 15 is 0 Å². The molecule has 2 N–H and O–H groups in total. The molecule has 0 radical (unpaired) electrons. The predicted octanol–water partition coefficient (Wildman–Crippen LogP) is 4.91. The molecule has 23 heavy (non-hydrogen) atoms. The summed E-state index contributed by atoms with van der Waals surface area (Å²) in [5.74, 6) is 0.631. The van der Waals surface area contributed by atoms with Gasteiger partial charge in [-0.25, -0.2) is 0 Å². The van der Waals surface area contributed by atoms with Crippen LogP contribution in [0.5, 0.6) is 11.5 Å². The molecule has 0 aliphatic carbocycles. The minimum atomic E-state index is -0.0112. The standard InChI is InChI=1S/C19H29NO3/c1-3-4-5-6-7-8-9-14(2)23-15-12-16-19(18(22)13-15)17(21)10-11-20-16/h12-14,20,22H,3-11H2,1-2H3. The number of carbonyl (C=O) groups is 1. The van der Waals surface area contributed by atoms with Gasteiger partial charge in [0.05, 0.1) is 17.4 Å². The first kappa shape index (κ1) is 17.6. The molecule has 0 fully saturated rings. The van der Waals surface area contributed by atoms with Crippen LogP contribution in [0.4, 0.5) is 5.69 Å². The SMILES string of the molecule is CCCCCCCCC(C)Oc1cc(O)c2c(c1)NCCC2=O. The van der Waals surface area contributed by atoms with Gasteiger partial charge < -0.3 is 15.2 Å². The summed E-state index contributed by atoms with van der Waals surface area (Å²) < 4.78 is 5.91. The fraction of sp³-hybridized carbons (Fsp3) is 0.632. The van der Waals surface area contributed by atoms with Crippen LogP contribution in [0.25, 0.3) is 0 Å². The Morgan fingerprint density at radius 1 is 1.22 bits per heavy atom. The Hall–Kier alpha value is -1.71. The highest BCUT2D eigenvalue weighted by Crippen LogP contribution is 2.35. The average molecular weight is 319 g/mol. The molecule has 0 amide bonds. The molecule has 0 spiro atoms. The molecule has 2 rings (SSSR count). The van der Waals surface area contributed by atoms with Crippen LogP contribution < -0.4 is 10.1 Å². The van der Waals surface area contributed by atoms with Crippen molar-refractivity contribution in [2.45, 2.75) is 71.3 Å². The van der Waals surface area contributed by atoms with E-state index in [0.717, 1.165) is 6.42 Å². The van der Waals surface area contributed by atoms with Crippen molar-refractivity contribution >= 4 is 11.5 Å². The van der Waals surface area contributed by atoms with Crippen molar-refractivity contribution in [2.24, 2.45) is 0 Å². The Labute approximate surface area is 139 Å². The molecular formula is C19H29NO3. The molecule has 1 aromatic carbocycles. The van der Waals surface area contributed by atoms with Crippen LogP contribution >= 0.6 is 0 Å². The maximum Gasteiger partial charge on any atom is 0.170 e. The Morgan fingerprint density at radius 2 is 1.96 bits per heavy atom. The number of carbonyl (C=O) groups excluding carboxylic acids is 1. The summed E-state index contributed by atoms with van der Waals surface area (Å²) in [5.41, 5.74) is 1.08. The number of hydrogen-bond donors (Lipinski definition) is 2. The van der Waals surface area contributed by atoms with Gasteiger partial charge in [0, 0.05) is 25.1 Å². The molecule has 128 valence electrons. The van der Waals surface area contributed by atoms with Gasteiger partial charge in [-0.3, -0.25) is 4.79 Å². The number of rotatable bonds is 9. The van der Waals surface area contributed by atoms with Gasteiger partial charge in [0.25, 0.3) is 0 Å². The summed E-state index contributed by atoms with van der Waals surface area (Å²) >= 11 is 0. The number of unbranched alkanes of at least 4 members (excludes halogenated alkanes) is 5. The van der Waals surface area contributed by atoms with E-state index in [9.17, 15) is 9.90 Å². The van der Waals surface area contributed by atoms with Gasteiger partial charge in [-0.05, 0) is 19.8 Å². The highest BCUT2D eigenvalue weighted by atomic mass is 16.5. The lowest BCUT2D eigenvalue weighted by molar-refractivity contribution is 0.0981. The molecule has 4 nitrogen and oxygen atoms in total. The summed E-state index contributed by atoms with van der Waals surface area (Å²) in [6.07, 6.45) is 9.18. The zero-order valence-electron chi connectivity index (χ0n) is 14.4. The van der Waals surface area contributed by atoms with E-state index in [1.165, 1.54) is 38.5 Å². The number of ether oxygens (including phenoxy) is 1. The van der Waals surface area contributed by atoms with Crippen molar-refractivity contribution in [1.82, 2.24) is 0 Å². The second kappa shape index (κ2) is 8.80. The Balaban J connectivity index is 1.83. The fourth-order valence-electron chi connectivity index (χ4n) is 3.04. The smallest absolute Gasteiger partial charge is 0.170 e. The summed E-state index contributed by atoms with van der Waals surface area (Å²) in [4.78, 5) is 11.8. The van der Waals surface area contributed by atoms with Crippen LogP contribution in [0.15, 0.2) is 12.1 Å². The highest BCUT2D eigenvalue weighted by Gasteiger charge is 2.22. The quantitative estimate of drug-likeness (QED) is 0.635. The van der Waals surface area contributed by atoms with Crippen molar-refractivity contribution in [3.8, 4) is 11.5 Å². The van der Waals surface area contributed by atoms with Crippen LogP contribution in [-0.2, 0) is 0 Å². The van der Waals surface area contributed by atoms with E-state index in [1.807, 2.05) is 6.07 Å². The van der Waals surface area contributed by atoms with Gasteiger partial charge in [-0.2, -0.15) is 0 Å². The summed E-state index contributed by atoms with van der Waals surface area (Å²) in [6.45, 7) is 4.90. The highest BCUT2D eigenvalue weighted by molar-refractivity contribution is 6.05. The van der Waals surface area contributed by atoms with Crippen LogP contribution in [0.1, 0.15) is 75.6 Å². The van der Waals surface area contributed by atoms with Crippen LogP contribution in [0, 0.1) is 0 Å². The maximum absolute atomic E-state index is 11.8. The van der Waals surface area contributed by atoms with Gasteiger partial charge >= 0.3 is 0 Å². The number of phenolic OH excluding ortho intramolecular Hbond substituents is 1. The topological polar surface area (TPSA) is 58.6 Å². The van der Waals surface area contributed by atoms with Gasteiger partial charge in [-0.1, -0.05) is 39.0 Å². The molecular weight excluding hydrogens is 290 g/mol. The average Bonchev–Trinajstić information content (AvgIpc) is 2.50. The number of fused-ring (bicyclic) bond motifs is 1. The monoisotopic (exact) mass is 319 g/mol. The summed E-state index contributed by atoms with van der Waals surface area (Å²) in [6, 6.07) is 3.38. The van der Waals surface area contributed by atoms with Crippen molar-refractivity contribution in [3.05, 3.63) is 17.7 Å². The number of aromatic hydroxyl groups is 1. The Morgan fingerprint density at radius 3 is 2.74 bits per heavy atom. The van der Waals surface area contributed by atoms with Gasteiger partial charge in [0.1, 0.15) is 11.5 Å². The number of Topliss-reactive ketones (excluding diaryl/α,β-unsaturated/α-hetero) is 1.